The molecule has 1 unspecified atom stereocenters. The number of rotatable bonds is 5. The fourth-order valence-electron chi connectivity index (χ4n) is 1.62. The molecule has 1 aliphatic rings. The summed E-state index contributed by atoms with van der Waals surface area (Å²) in [4.78, 5) is 4.25. The van der Waals surface area contributed by atoms with E-state index < -0.39 is 0 Å². The molecule has 0 saturated heterocycles. The summed E-state index contributed by atoms with van der Waals surface area (Å²) in [6, 6.07) is 0. The van der Waals surface area contributed by atoms with Crippen LogP contribution >= 0.6 is 0 Å². The lowest BCUT2D eigenvalue weighted by Crippen LogP contribution is -2.50. The van der Waals surface area contributed by atoms with Gasteiger partial charge in [-0.3, -0.25) is 10.2 Å². The van der Waals surface area contributed by atoms with Crippen LogP contribution in [0.3, 0.4) is 0 Å². The van der Waals surface area contributed by atoms with Crippen molar-refractivity contribution in [2.45, 2.75) is 26.2 Å². The second-order valence-corrected chi connectivity index (χ2v) is 3.58. The molecule has 12 heavy (non-hydrogen) atoms. The summed E-state index contributed by atoms with van der Waals surface area (Å²) < 4.78 is 0.917. The van der Waals surface area contributed by atoms with Crippen LogP contribution < -0.4 is 5.73 Å². The quantitative estimate of drug-likeness (QED) is 0.484. The Morgan fingerprint density at radius 2 is 2.33 bits per heavy atom. The molecule has 0 fully saturated rings. The van der Waals surface area contributed by atoms with Gasteiger partial charge in [-0.25, -0.2) is 4.99 Å². The van der Waals surface area contributed by atoms with E-state index >= 15 is 0 Å². The fourth-order valence-corrected chi connectivity index (χ4v) is 1.62. The van der Waals surface area contributed by atoms with E-state index in [2.05, 4.69) is 11.9 Å². The number of hydrogen-bond donors (Lipinski definition) is 1. The van der Waals surface area contributed by atoms with Crippen molar-refractivity contribution in [2.75, 3.05) is 26.3 Å². The first-order chi connectivity index (χ1) is 5.83. The van der Waals surface area contributed by atoms with Gasteiger partial charge in [-0.05, 0) is 12.8 Å². The van der Waals surface area contributed by atoms with Crippen molar-refractivity contribution in [1.29, 1.82) is 0 Å². The molecule has 1 aliphatic heterocycles. The molecule has 0 bridgehead atoms. The average molecular weight is 170 g/mol. The maximum absolute atomic E-state index is 5.73. The van der Waals surface area contributed by atoms with Crippen LogP contribution in [0.15, 0.2) is 4.99 Å². The van der Waals surface area contributed by atoms with Gasteiger partial charge in [0.1, 0.15) is 13.2 Å². The van der Waals surface area contributed by atoms with E-state index in [1.165, 1.54) is 25.8 Å². The van der Waals surface area contributed by atoms with Crippen molar-refractivity contribution in [3.05, 3.63) is 0 Å². The van der Waals surface area contributed by atoms with Crippen LogP contribution in [-0.2, 0) is 0 Å². The van der Waals surface area contributed by atoms with Crippen molar-refractivity contribution in [3.8, 4) is 0 Å². The zero-order valence-electron chi connectivity index (χ0n) is 8.00. The molecule has 1 heterocycles. The molecule has 0 radical (unpaired) electrons. The van der Waals surface area contributed by atoms with Crippen LogP contribution in [0.4, 0.5) is 0 Å². The molecule has 0 spiro atoms. The van der Waals surface area contributed by atoms with E-state index in [1.54, 1.807) is 0 Å². The Labute approximate surface area is 74.9 Å². The lowest BCUT2D eigenvalue weighted by molar-refractivity contribution is -0.828. The molecule has 1 atom stereocenters. The van der Waals surface area contributed by atoms with Crippen molar-refractivity contribution < 1.29 is 4.48 Å². The molecule has 0 amide bonds. The lowest BCUT2D eigenvalue weighted by atomic mass is 10.2. The standard InChI is InChI=1S/C9H20N3/c1-2-3-4-6-12(8-10)7-5-11-9-12/h9H,2-8,10H2,1H3/q+1. The van der Waals surface area contributed by atoms with Crippen LogP contribution in [0.25, 0.3) is 0 Å². The highest BCUT2D eigenvalue weighted by atomic mass is 15.4. The summed E-state index contributed by atoms with van der Waals surface area (Å²) in [5.74, 6) is 0. The summed E-state index contributed by atoms with van der Waals surface area (Å²) in [7, 11) is 0. The van der Waals surface area contributed by atoms with Crippen molar-refractivity contribution in [1.82, 2.24) is 0 Å². The summed E-state index contributed by atoms with van der Waals surface area (Å²) >= 11 is 0. The molecule has 3 nitrogen and oxygen atoms in total. The van der Waals surface area contributed by atoms with Crippen LogP contribution in [-0.4, -0.2) is 37.1 Å². The minimum atomic E-state index is 0.715. The highest BCUT2D eigenvalue weighted by Crippen LogP contribution is 2.09. The van der Waals surface area contributed by atoms with Crippen LogP contribution in [0.1, 0.15) is 26.2 Å². The maximum Gasteiger partial charge on any atom is 0.186 e. The average Bonchev–Trinajstić information content (AvgIpc) is 2.55. The maximum atomic E-state index is 5.73. The second kappa shape index (κ2) is 4.58. The number of nitrogens with zero attached hydrogens (tertiary/aromatic N) is 2. The molecule has 70 valence electrons. The van der Waals surface area contributed by atoms with Gasteiger partial charge in [-0.15, -0.1) is 0 Å². The molecule has 0 aliphatic carbocycles. The lowest BCUT2D eigenvalue weighted by Gasteiger charge is -2.28. The first-order valence-corrected chi connectivity index (χ1v) is 4.90. The summed E-state index contributed by atoms with van der Waals surface area (Å²) in [5, 5.41) is 0. The van der Waals surface area contributed by atoms with Gasteiger partial charge in [-0.2, -0.15) is 0 Å². The van der Waals surface area contributed by atoms with Gasteiger partial charge >= 0.3 is 0 Å². The van der Waals surface area contributed by atoms with E-state index in [-0.39, 0.29) is 0 Å². The van der Waals surface area contributed by atoms with Gasteiger partial charge in [0, 0.05) is 0 Å². The fraction of sp³-hybridized carbons (Fsp3) is 0.889. The van der Waals surface area contributed by atoms with Crippen LogP contribution in [0.5, 0.6) is 0 Å². The first kappa shape index (κ1) is 9.68. The Kier molecular flexibility index (Phi) is 3.69. The van der Waals surface area contributed by atoms with E-state index in [0.29, 0.717) is 6.67 Å². The largest absolute Gasteiger partial charge is 0.284 e. The number of nitrogens with two attached hydrogens (primary N) is 1. The predicted molar refractivity (Wildman–Crippen MR) is 51.9 cm³/mol. The monoisotopic (exact) mass is 170 g/mol. The molecule has 0 aromatic carbocycles. The number of quaternary nitrogens is 1. The molecule has 0 aromatic heterocycles. The number of hydrogen-bond acceptors (Lipinski definition) is 2. The topological polar surface area (TPSA) is 38.4 Å². The Morgan fingerprint density at radius 3 is 2.83 bits per heavy atom. The molecule has 0 aromatic rings. The van der Waals surface area contributed by atoms with Gasteiger partial charge in [0.05, 0.1) is 13.1 Å². The second-order valence-electron chi connectivity index (χ2n) is 3.58. The SMILES string of the molecule is CCCCC[N+]1(CN)C=NCC1. The zero-order chi connectivity index (χ0) is 8.86. The minimum Gasteiger partial charge on any atom is -0.284 e. The van der Waals surface area contributed by atoms with Crippen molar-refractivity contribution in [3.63, 3.8) is 0 Å². The molecule has 0 saturated carbocycles. The van der Waals surface area contributed by atoms with Gasteiger partial charge in [0.15, 0.2) is 6.34 Å². The predicted octanol–water partition coefficient (Wildman–Crippen LogP) is 0.952. The molecular formula is C9H20N3+. The Morgan fingerprint density at radius 1 is 1.50 bits per heavy atom. The first-order valence-electron chi connectivity index (χ1n) is 4.90. The van der Waals surface area contributed by atoms with Crippen molar-refractivity contribution >= 4 is 6.34 Å². The van der Waals surface area contributed by atoms with E-state index in [1.807, 2.05) is 6.34 Å². The Balaban J connectivity index is 2.30. The summed E-state index contributed by atoms with van der Waals surface area (Å²) in [5.41, 5.74) is 5.73. The van der Waals surface area contributed by atoms with Gasteiger partial charge in [0.2, 0.25) is 0 Å². The van der Waals surface area contributed by atoms with E-state index in [4.69, 9.17) is 5.73 Å². The summed E-state index contributed by atoms with van der Waals surface area (Å²) in [6.45, 7) is 6.19. The van der Waals surface area contributed by atoms with E-state index in [9.17, 15) is 0 Å². The molecule has 2 N–H and O–H groups in total. The third kappa shape index (κ3) is 2.29. The Hall–Kier alpha value is -0.410. The van der Waals surface area contributed by atoms with Crippen LogP contribution in [0, 0.1) is 0 Å². The van der Waals surface area contributed by atoms with Gasteiger partial charge in [0.25, 0.3) is 0 Å². The molecule has 1 rings (SSSR count). The molecule has 3 heteroatoms. The van der Waals surface area contributed by atoms with E-state index in [0.717, 1.165) is 17.6 Å². The number of unbranched alkanes of at least 4 members (excludes halogenated alkanes) is 2. The van der Waals surface area contributed by atoms with Crippen LogP contribution in [0.2, 0.25) is 0 Å². The van der Waals surface area contributed by atoms with Gasteiger partial charge in [-0.1, -0.05) is 13.3 Å². The number of aliphatic imine (C=N–C) groups is 1. The highest BCUT2D eigenvalue weighted by molar-refractivity contribution is 5.48. The Bertz CT molecular complexity index is 156. The zero-order valence-corrected chi connectivity index (χ0v) is 8.00. The minimum absolute atomic E-state index is 0.715. The third-order valence-corrected chi connectivity index (χ3v) is 2.57. The van der Waals surface area contributed by atoms with Crippen molar-refractivity contribution in [2.24, 2.45) is 10.7 Å². The normalized spacial score (nSPS) is 28.2. The molecular weight excluding hydrogens is 150 g/mol. The third-order valence-electron chi connectivity index (χ3n) is 2.57. The smallest absolute Gasteiger partial charge is 0.186 e. The highest BCUT2D eigenvalue weighted by Gasteiger charge is 2.26. The van der Waals surface area contributed by atoms with Gasteiger partial charge < -0.3 is 0 Å². The summed E-state index contributed by atoms with van der Waals surface area (Å²) in [6.07, 6.45) is 5.91.